The number of rotatable bonds is 8. The fourth-order valence-electron chi connectivity index (χ4n) is 2.58. The molecule has 28 heavy (non-hydrogen) atoms. The number of amides is 1. The van der Waals surface area contributed by atoms with E-state index in [9.17, 15) is 13.2 Å². The molecule has 0 aliphatic rings. The molecule has 0 saturated heterocycles. The molecule has 0 fully saturated rings. The Morgan fingerprint density at radius 3 is 2.54 bits per heavy atom. The van der Waals surface area contributed by atoms with Crippen LogP contribution in [0.3, 0.4) is 0 Å². The molecule has 1 N–H and O–H groups in total. The number of nitrogens with zero attached hydrogens (tertiary/aromatic N) is 1. The molecule has 0 aliphatic carbocycles. The highest BCUT2D eigenvalue weighted by molar-refractivity contribution is 7.89. The van der Waals surface area contributed by atoms with Crippen LogP contribution in [0.2, 0.25) is 5.02 Å². The SMILES string of the molecule is CCN(CC)S(=O)(=O)c1cc(NC(=O)/C=C/c2cccc(OC)c2)ccc1Cl. The number of benzene rings is 2. The van der Waals surface area contributed by atoms with Crippen molar-refractivity contribution in [2.45, 2.75) is 18.7 Å². The lowest BCUT2D eigenvalue weighted by atomic mass is 10.2. The van der Waals surface area contributed by atoms with Gasteiger partial charge >= 0.3 is 0 Å². The zero-order chi connectivity index (χ0) is 20.7. The van der Waals surface area contributed by atoms with Crippen molar-refractivity contribution in [3.63, 3.8) is 0 Å². The van der Waals surface area contributed by atoms with Crippen molar-refractivity contribution in [1.29, 1.82) is 0 Å². The smallest absolute Gasteiger partial charge is 0.248 e. The maximum atomic E-state index is 12.7. The van der Waals surface area contributed by atoms with Crippen LogP contribution < -0.4 is 10.1 Å². The van der Waals surface area contributed by atoms with Crippen LogP contribution in [0, 0.1) is 0 Å². The third kappa shape index (κ3) is 5.34. The number of ether oxygens (including phenoxy) is 1. The number of carbonyl (C=O) groups excluding carboxylic acids is 1. The molecule has 2 aromatic carbocycles. The Balaban J connectivity index is 2.20. The van der Waals surface area contributed by atoms with E-state index in [1.165, 1.54) is 22.5 Å². The van der Waals surface area contributed by atoms with Gasteiger partial charge < -0.3 is 10.1 Å². The van der Waals surface area contributed by atoms with Gasteiger partial charge in [0.1, 0.15) is 10.6 Å². The summed E-state index contributed by atoms with van der Waals surface area (Å²) >= 11 is 6.10. The zero-order valence-electron chi connectivity index (χ0n) is 16.0. The summed E-state index contributed by atoms with van der Waals surface area (Å²) in [5.41, 5.74) is 1.14. The maximum absolute atomic E-state index is 12.7. The minimum Gasteiger partial charge on any atom is -0.497 e. The van der Waals surface area contributed by atoms with Gasteiger partial charge in [0, 0.05) is 24.9 Å². The van der Waals surface area contributed by atoms with Crippen molar-refractivity contribution >= 4 is 39.3 Å². The molecule has 0 saturated carbocycles. The van der Waals surface area contributed by atoms with E-state index < -0.39 is 15.9 Å². The molecule has 2 rings (SSSR count). The number of sulfonamides is 1. The van der Waals surface area contributed by atoms with Crippen LogP contribution in [0.25, 0.3) is 6.08 Å². The number of hydrogen-bond donors (Lipinski definition) is 1. The second-order valence-electron chi connectivity index (χ2n) is 5.83. The molecule has 0 heterocycles. The van der Waals surface area contributed by atoms with Crippen molar-refractivity contribution in [1.82, 2.24) is 4.31 Å². The first-order valence-electron chi connectivity index (χ1n) is 8.74. The second kappa shape index (κ2) is 9.73. The molecule has 0 aliphatic heterocycles. The zero-order valence-corrected chi connectivity index (χ0v) is 17.5. The van der Waals surface area contributed by atoms with E-state index in [2.05, 4.69) is 5.32 Å². The lowest BCUT2D eigenvalue weighted by Crippen LogP contribution is -2.30. The Morgan fingerprint density at radius 2 is 1.89 bits per heavy atom. The molecule has 0 spiro atoms. The van der Waals surface area contributed by atoms with Crippen LogP contribution in [0.5, 0.6) is 5.75 Å². The first-order valence-corrected chi connectivity index (χ1v) is 10.6. The molecule has 0 unspecified atom stereocenters. The number of nitrogens with one attached hydrogen (secondary N) is 1. The largest absolute Gasteiger partial charge is 0.497 e. The molecular weight excluding hydrogens is 400 g/mol. The van der Waals surface area contributed by atoms with E-state index >= 15 is 0 Å². The Morgan fingerprint density at radius 1 is 1.18 bits per heavy atom. The van der Waals surface area contributed by atoms with E-state index in [0.29, 0.717) is 24.5 Å². The van der Waals surface area contributed by atoms with E-state index in [1.807, 2.05) is 18.2 Å². The third-order valence-electron chi connectivity index (χ3n) is 4.04. The number of methoxy groups -OCH3 is 1. The minimum absolute atomic E-state index is 0.0348. The molecular formula is C20H23ClN2O4S. The lowest BCUT2D eigenvalue weighted by Gasteiger charge is -2.19. The number of hydrogen-bond acceptors (Lipinski definition) is 4. The van der Waals surface area contributed by atoms with Crippen molar-refractivity contribution in [3.8, 4) is 5.75 Å². The van der Waals surface area contributed by atoms with Crippen LogP contribution in [-0.2, 0) is 14.8 Å². The van der Waals surface area contributed by atoms with Gasteiger partial charge in [0.2, 0.25) is 15.9 Å². The normalized spacial score (nSPS) is 11.8. The van der Waals surface area contributed by atoms with Crippen LogP contribution >= 0.6 is 11.6 Å². The molecule has 0 atom stereocenters. The van der Waals surface area contributed by atoms with Gasteiger partial charge in [0.15, 0.2) is 0 Å². The third-order valence-corrected chi connectivity index (χ3v) is 6.57. The summed E-state index contributed by atoms with van der Waals surface area (Å²) in [4.78, 5) is 12.2. The Labute approximate surface area is 170 Å². The predicted molar refractivity (Wildman–Crippen MR) is 112 cm³/mol. The second-order valence-corrected chi connectivity index (χ2v) is 8.15. The van der Waals surface area contributed by atoms with Crippen LogP contribution in [0.15, 0.2) is 53.4 Å². The molecule has 150 valence electrons. The molecule has 1 amide bonds. The summed E-state index contributed by atoms with van der Waals surface area (Å²) in [5, 5.41) is 2.77. The molecule has 2 aromatic rings. The van der Waals surface area contributed by atoms with E-state index in [-0.39, 0.29) is 9.92 Å². The van der Waals surface area contributed by atoms with Gasteiger partial charge in [-0.1, -0.05) is 37.6 Å². The van der Waals surface area contributed by atoms with E-state index in [0.717, 1.165) is 5.56 Å². The highest BCUT2D eigenvalue weighted by atomic mass is 35.5. The van der Waals surface area contributed by atoms with Crippen molar-refractivity contribution in [3.05, 3.63) is 59.1 Å². The van der Waals surface area contributed by atoms with Gasteiger partial charge in [0.25, 0.3) is 0 Å². The molecule has 0 radical (unpaired) electrons. The van der Waals surface area contributed by atoms with E-state index in [1.54, 1.807) is 39.2 Å². The van der Waals surface area contributed by atoms with Crippen molar-refractivity contribution < 1.29 is 17.9 Å². The topological polar surface area (TPSA) is 75.7 Å². The highest BCUT2D eigenvalue weighted by Gasteiger charge is 2.24. The minimum atomic E-state index is -3.73. The van der Waals surface area contributed by atoms with Crippen molar-refractivity contribution in [2.24, 2.45) is 0 Å². The molecule has 0 bridgehead atoms. The molecule has 6 nitrogen and oxygen atoms in total. The molecule has 0 aromatic heterocycles. The summed E-state index contributed by atoms with van der Waals surface area (Å²) in [7, 11) is -2.17. The van der Waals surface area contributed by atoms with E-state index in [4.69, 9.17) is 16.3 Å². The van der Waals surface area contributed by atoms with Crippen LogP contribution in [0.4, 0.5) is 5.69 Å². The fourth-order valence-corrected chi connectivity index (χ4v) is 4.54. The average molecular weight is 423 g/mol. The summed E-state index contributed by atoms with van der Waals surface area (Å²) in [6.07, 6.45) is 3.00. The summed E-state index contributed by atoms with van der Waals surface area (Å²) in [6.45, 7) is 4.16. The van der Waals surface area contributed by atoms with Gasteiger partial charge in [-0.3, -0.25) is 4.79 Å². The number of anilines is 1. The van der Waals surface area contributed by atoms with Gasteiger partial charge in [0.05, 0.1) is 12.1 Å². The number of carbonyl (C=O) groups is 1. The quantitative estimate of drug-likeness (QED) is 0.651. The van der Waals surface area contributed by atoms with Crippen molar-refractivity contribution in [2.75, 3.05) is 25.5 Å². The van der Waals surface area contributed by atoms with Crippen LogP contribution in [-0.4, -0.2) is 38.8 Å². The Hall–Kier alpha value is -2.35. The monoisotopic (exact) mass is 422 g/mol. The number of halogens is 1. The van der Waals surface area contributed by atoms with Gasteiger partial charge in [-0.25, -0.2) is 8.42 Å². The summed E-state index contributed by atoms with van der Waals surface area (Å²) in [5.74, 6) is 0.294. The average Bonchev–Trinajstić information content (AvgIpc) is 2.68. The maximum Gasteiger partial charge on any atom is 0.248 e. The summed E-state index contributed by atoms with van der Waals surface area (Å²) < 4.78 is 31.9. The highest BCUT2D eigenvalue weighted by Crippen LogP contribution is 2.27. The molecule has 8 heteroatoms. The standard InChI is InChI=1S/C20H23ClN2O4S/c1-4-23(5-2)28(25,26)19-14-16(10-11-18(19)21)22-20(24)12-9-15-7-6-8-17(13-15)27-3/h6-14H,4-5H2,1-3H3,(H,22,24)/b12-9+. The summed E-state index contributed by atoms with van der Waals surface area (Å²) in [6, 6.07) is 11.6. The van der Waals surface area contributed by atoms with Gasteiger partial charge in [-0.2, -0.15) is 4.31 Å². The Kier molecular flexibility index (Phi) is 7.62. The van der Waals surface area contributed by atoms with Gasteiger partial charge in [-0.05, 0) is 42.0 Å². The fraction of sp³-hybridized carbons (Fsp3) is 0.250. The first-order chi connectivity index (χ1) is 13.3. The lowest BCUT2D eigenvalue weighted by molar-refractivity contribution is -0.111. The first kappa shape index (κ1) is 21.9. The Bertz CT molecular complexity index is 970. The van der Waals surface area contributed by atoms with Crippen LogP contribution in [0.1, 0.15) is 19.4 Å². The predicted octanol–water partition coefficient (Wildman–Crippen LogP) is 4.03. The van der Waals surface area contributed by atoms with Gasteiger partial charge in [-0.15, -0.1) is 0 Å².